The minimum atomic E-state index is 0.0286. The van der Waals surface area contributed by atoms with Gasteiger partial charge in [0.1, 0.15) is 17.2 Å². The Kier molecular flexibility index (Phi) is 8.54. The third kappa shape index (κ3) is 5.76. The Morgan fingerprint density at radius 2 is 1.39 bits per heavy atom. The third-order valence-corrected chi connectivity index (χ3v) is 7.70. The Labute approximate surface area is 240 Å². The summed E-state index contributed by atoms with van der Waals surface area (Å²) in [6, 6.07) is 17.6. The van der Waals surface area contributed by atoms with Crippen LogP contribution in [0.2, 0.25) is 0 Å². The molecule has 0 unspecified atom stereocenters. The van der Waals surface area contributed by atoms with Gasteiger partial charge in [0.05, 0.1) is 53.5 Å². The summed E-state index contributed by atoms with van der Waals surface area (Å²) in [5, 5.41) is 1.72. The summed E-state index contributed by atoms with van der Waals surface area (Å²) in [5.41, 5.74) is 3.51. The number of aromatic amines is 1. The van der Waals surface area contributed by atoms with Crippen LogP contribution in [0.1, 0.15) is 21.7 Å². The van der Waals surface area contributed by atoms with Gasteiger partial charge in [-0.05, 0) is 30.3 Å². The number of hydrogen-bond acceptors (Lipinski definition) is 8. The zero-order valence-electron chi connectivity index (χ0n) is 24.3. The van der Waals surface area contributed by atoms with Gasteiger partial charge in [0.2, 0.25) is 0 Å². The van der Waals surface area contributed by atoms with E-state index in [0.29, 0.717) is 35.9 Å². The summed E-state index contributed by atoms with van der Waals surface area (Å²) >= 11 is 0. The van der Waals surface area contributed by atoms with E-state index in [1.165, 1.54) is 0 Å². The van der Waals surface area contributed by atoms with E-state index in [4.69, 9.17) is 23.7 Å². The molecular weight excluding hydrogens is 522 g/mol. The molecule has 0 saturated carbocycles. The number of ketones is 1. The van der Waals surface area contributed by atoms with Crippen molar-refractivity contribution in [3.05, 3.63) is 71.5 Å². The second-order valence-electron chi connectivity index (χ2n) is 9.94. The van der Waals surface area contributed by atoms with Gasteiger partial charge in [0.15, 0.2) is 17.3 Å². The van der Waals surface area contributed by atoms with E-state index >= 15 is 0 Å². The van der Waals surface area contributed by atoms with Gasteiger partial charge < -0.3 is 33.6 Å². The average molecular weight is 560 g/mol. The minimum Gasteiger partial charge on any atom is -0.497 e. The van der Waals surface area contributed by atoms with E-state index in [-0.39, 0.29) is 5.78 Å². The molecule has 2 heterocycles. The van der Waals surface area contributed by atoms with Crippen LogP contribution in [-0.2, 0) is 6.42 Å². The first-order chi connectivity index (χ1) is 20.0. The number of piperazine rings is 1. The SMILES string of the molecule is COc1ccc(Cc2[nH]c(C(=O)CN3CCN(c4ccccc4OC)CC3)c3cc(OC)c(OC)cc23)c(OC)c1. The first-order valence-electron chi connectivity index (χ1n) is 13.6. The number of benzene rings is 3. The zero-order valence-corrected chi connectivity index (χ0v) is 24.3. The lowest BCUT2D eigenvalue weighted by Gasteiger charge is -2.36. The quantitative estimate of drug-likeness (QED) is 0.262. The molecule has 5 rings (SSSR count). The van der Waals surface area contributed by atoms with Gasteiger partial charge in [-0.2, -0.15) is 0 Å². The van der Waals surface area contributed by atoms with Crippen molar-refractivity contribution in [2.24, 2.45) is 0 Å². The molecule has 1 aliphatic heterocycles. The molecule has 41 heavy (non-hydrogen) atoms. The van der Waals surface area contributed by atoms with Gasteiger partial charge in [0, 0.05) is 60.7 Å². The van der Waals surface area contributed by atoms with E-state index in [2.05, 4.69) is 20.9 Å². The maximum Gasteiger partial charge on any atom is 0.193 e. The zero-order chi connectivity index (χ0) is 28.9. The van der Waals surface area contributed by atoms with E-state index in [1.807, 2.05) is 48.5 Å². The number of nitrogens with one attached hydrogen (secondary N) is 1. The third-order valence-electron chi connectivity index (χ3n) is 7.70. The van der Waals surface area contributed by atoms with Crippen LogP contribution in [0.5, 0.6) is 28.7 Å². The molecule has 1 saturated heterocycles. The van der Waals surface area contributed by atoms with E-state index < -0.39 is 0 Å². The van der Waals surface area contributed by atoms with Crippen LogP contribution in [0.4, 0.5) is 5.69 Å². The van der Waals surface area contributed by atoms with Crippen LogP contribution in [0.25, 0.3) is 10.8 Å². The molecule has 1 N–H and O–H groups in total. The molecule has 0 aliphatic carbocycles. The van der Waals surface area contributed by atoms with Crippen LogP contribution in [-0.4, -0.2) is 83.9 Å². The fraction of sp³-hybridized carbons (Fsp3) is 0.344. The maximum atomic E-state index is 13.8. The Bertz CT molecular complexity index is 1520. The minimum absolute atomic E-state index is 0.0286. The second-order valence-corrected chi connectivity index (χ2v) is 9.94. The molecule has 1 aliphatic rings. The number of methoxy groups -OCH3 is 5. The summed E-state index contributed by atoms with van der Waals surface area (Å²) in [5.74, 6) is 3.50. The number of ether oxygens (including phenoxy) is 5. The lowest BCUT2D eigenvalue weighted by Crippen LogP contribution is -2.48. The average Bonchev–Trinajstić information content (AvgIpc) is 3.37. The molecule has 9 nitrogen and oxygen atoms in total. The van der Waals surface area contributed by atoms with Crippen molar-refractivity contribution in [1.82, 2.24) is 9.88 Å². The van der Waals surface area contributed by atoms with Gasteiger partial charge in [-0.25, -0.2) is 0 Å². The monoisotopic (exact) mass is 559 g/mol. The molecule has 9 heteroatoms. The molecule has 1 aromatic heterocycles. The van der Waals surface area contributed by atoms with Crippen LogP contribution in [0.15, 0.2) is 54.6 Å². The number of Topliss-reactive ketones (excluding diaryl/α,β-unsaturated/α-hetero) is 1. The normalized spacial score (nSPS) is 13.7. The topological polar surface area (TPSA) is 85.5 Å². The number of carbonyl (C=O) groups is 1. The molecule has 216 valence electrons. The van der Waals surface area contributed by atoms with Crippen molar-refractivity contribution >= 4 is 22.2 Å². The number of anilines is 1. The molecule has 0 bridgehead atoms. The highest BCUT2D eigenvalue weighted by Crippen LogP contribution is 2.37. The summed E-state index contributed by atoms with van der Waals surface area (Å²) < 4.78 is 27.7. The molecule has 0 radical (unpaired) electrons. The molecule has 3 aromatic carbocycles. The number of H-pyrrole nitrogens is 1. The van der Waals surface area contributed by atoms with Crippen molar-refractivity contribution in [3.8, 4) is 28.7 Å². The highest BCUT2D eigenvalue weighted by Gasteiger charge is 2.25. The first kappa shape index (κ1) is 28.2. The Balaban J connectivity index is 1.41. The van der Waals surface area contributed by atoms with Crippen molar-refractivity contribution < 1.29 is 28.5 Å². The van der Waals surface area contributed by atoms with Crippen LogP contribution in [0, 0.1) is 0 Å². The molecular formula is C32H37N3O6. The van der Waals surface area contributed by atoms with Gasteiger partial charge in [-0.3, -0.25) is 9.69 Å². The van der Waals surface area contributed by atoms with Crippen molar-refractivity contribution in [2.45, 2.75) is 6.42 Å². The van der Waals surface area contributed by atoms with Gasteiger partial charge in [-0.15, -0.1) is 0 Å². The maximum absolute atomic E-state index is 13.8. The van der Waals surface area contributed by atoms with Gasteiger partial charge in [-0.1, -0.05) is 18.2 Å². The predicted octanol–water partition coefficient (Wildman–Crippen LogP) is 4.81. The lowest BCUT2D eigenvalue weighted by atomic mass is 10.0. The van der Waals surface area contributed by atoms with Crippen LogP contribution < -0.4 is 28.6 Å². The fourth-order valence-electron chi connectivity index (χ4n) is 5.49. The summed E-state index contributed by atoms with van der Waals surface area (Å²) in [4.78, 5) is 21.8. The number of fused-ring (bicyclic) bond motifs is 1. The number of hydrogen-bond donors (Lipinski definition) is 1. The first-order valence-corrected chi connectivity index (χ1v) is 13.6. The van der Waals surface area contributed by atoms with E-state index in [9.17, 15) is 4.79 Å². The number of carbonyl (C=O) groups excluding carboxylic acids is 1. The van der Waals surface area contributed by atoms with Gasteiger partial charge >= 0.3 is 0 Å². The molecule has 0 spiro atoms. The highest BCUT2D eigenvalue weighted by molar-refractivity contribution is 6.09. The number of nitrogens with zero attached hydrogens (tertiary/aromatic N) is 2. The standard InChI is InChI=1S/C32H37N3O6/c1-37-22-11-10-21(29(17-22)39-3)16-25-23-18-30(40-4)31(41-5)19-24(23)32(33-25)27(36)20-34-12-14-35(15-13-34)26-8-6-7-9-28(26)38-2/h6-11,17-19,33H,12-16,20H2,1-5H3. The van der Waals surface area contributed by atoms with E-state index in [1.54, 1.807) is 35.5 Å². The largest absolute Gasteiger partial charge is 0.497 e. The Hall–Kier alpha value is -4.37. The fourth-order valence-corrected chi connectivity index (χ4v) is 5.49. The predicted molar refractivity (Wildman–Crippen MR) is 160 cm³/mol. The van der Waals surface area contributed by atoms with Crippen molar-refractivity contribution in [3.63, 3.8) is 0 Å². The smallest absolute Gasteiger partial charge is 0.193 e. The van der Waals surface area contributed by atoms with E-state index in [0.717, 1.165) is 65.4 Å². The number of rotatable bonds is 11. The second kappa shape index (κ2) is 12.4. The number of para-hydroxylation sites is 2. The number of aromatic nitrogens is 1. The summed E-state index contributed by atoms with van der Waals surface area (Å²) in [7, 11) is 8.17. The summed E-state index contributed by atoms with van der Waals surface area (Å²) in [6.07, 6.45) is 0.532. The lowest BCUT2D eigenvalue weighted by molar-refractivity contribution is 0.0923. The van der Waals surface area contributed by atoms with Gasteiger partial charge in [0.25, 0.3) is 0 Å². The van der Waals surface area contributed by atoms with Crippen molar-refractivity contribution in [1.29, 1.82) is 0 Å². The summed E-state index contributed by atoms with van der Waals surface area (Å²) in [6.45, 7) is 3.49. The van der Waals surface area contributed by atoms with Crippen LogP contribution in [0.3, 0.4) is 0 Å². The molecule has 0 atom stereocenters. The highest BCUT2D eigenvalue weighted by atomic mass is 16.5. The Morgan fingerprint density at radius 1 is 0.732 bits per heavy atom. The Morgan fingerprint density at radius 3 is 2.05 bits per heavy atom. The molecule has 1 fully saturated rings. The van der Waals surface area contributed by atoms with Crippen molar-refractivity contribution in [2.75, 3.05) is 73.2 Å². The van der Waals surface area contributed by atoms with Crippen LogP contribution >= 0.6 is 0 Å². The molecule has 0 amide bonds. The molecule has 4 aromatic rings.